The van der Waals surface area contributed by atoms with Gasteiger partial charge in [-0.1, -0.05) is 12.1 Å². The summed E-state index contributed by atoms with van der Waals surface area (Å²) in [5, 5.41) is 0. The van der Waals surface area contributed by atoms with Gasteiger partial charge in [0.2, 0.25) is 0 Å². The number of carbonyl (C=O) groups is 1. The summed E-state index contributed by atoms with van der Waals surface area (Å²) in [4.78, 5) is 12.4. The lowest BCUT2D eigenvalue weighted by molar-refractivity contribution is 0.0849. The molecule has 0 spiro atoms. The van der Waals surface area contributed by atoms with Crippen LogP contribution < -0.4 is 14.2 Å². The van der Waals surface area contributed by atoms with Gasteiger partial charge < -0.3 is 14.2 Å². The Kier molecular flexibility index (Phi) is 3.75. The van der Waals surface area contributed by atoms with Crippen LogP contribution in [0.3, 0.4) is 0 Å². The maximum Gasteiger partial charge on any atom is 0.170 e. The summed E-state index contributed by atoms with van der Waals surface area (Å²) < 4.78 is 16.5. The molecular weight excluding hydrogens is 280 g/mol. The molecule has 1 atom stereocenters. The van der Waals surface area contributed by atoms with Gasteiger partial charge in [0.15, 0.2) is 5.78 Å². The molecule has 0 N–H and O–H groups in total. The van der Waals surface area contributed by atoms with Crippen LogP contribution in [0, 0.1) is 6.92 Å². The van der Waals surface area contributed by atoms with Crippen molar-refractivity contribution in [1.82, 2.24) is 0 Å². The van der Waals surface area contributed by atoms with Crippen molar-refractivity contribution in [3.8, 4) is 17.2 Å². The van der Waals surface area contributed by atoms with Gasteiger partial charge in [-0.2, -0.15) is 0 Å². The second-order valence-corrected chi connectivity index (χ2v) is 5.32. The van der Waals surface area contributed by atoms with E-state index in [0.717, 1.165) is 22.6 Å². The van der Waals surface area contributed by atoms with Crippen molar-refractivity contribution in [2.45, 2.75) is 19.4 Å². The molecule has 22 heavy (non-hydrogen) atoms. The molecule has 0 unspecified atom stereocenters. The van der Waals surface area contributed by atoms with E-state index in [4.69, 9.17) is 14.2 Å². The normalized spacial score (nSPS) is 16.7. The van der Waals surface area contributed by atoms with Crippen molar-refractivity contribution in [3.63, 3.8) is 0 Å². The molecule has 0 aromatic heterocycles. The number of carbonyl (C=O) groups excluding carboxylic acids is 1. The molecule has 3 rings (SSSR count). The van der Waals surface area contributed by atoms with E-state index in [0.29, 0.717) is 17.7 Å². The number of hydrogen-bond acceptors (Lipinski definition) is 4. The maximum absolute atomic E-state index is 12.4. The molecule has 2 aromatic rings. The van der Waals surface area contributed by atoms with Crippen LogP contribution in [0.2, 0.25) is 0 Å². The summed E-state index contributed by atoms with van der Waals surface area (Å²) in [6.07, 6.45) is 0.0591. The molecular formula is C18H18O4. The van der Waals surface area contributed by atoms with E-state index >= 15 is 0 Å². The van der Waals surface area contributed by atoms with Crippen LogP contribution in [-0.4, -0.2) is 20.0 Å². The Labute approximate surface area is 129 Å². The fourth-order valence-corrected chi connectivity index (χ4v) is 2.68. The van der Waals surface area contributed by atoms with E-state index in [-0.39, 0.29) is 11.9 Å². The number of ether oxygens (including phenoxy) is 3. The first kappa shape index (κ1) is 14.4. The van der Waals surface area contributed by atoms with Crippen LogP contribution in [0.25, 0.3) is 0 Å². The van der Waals surface area contributed by atoms with Crippen LogP contribution >= 0.6 is 0 Å². The Morgan fingerprint density at radius 3 is 2.45 bits per heavy atom. The zero-order valence-electron chi connectivity index (χ0n) is 12.9. The molecule has 1 heterocycles. The number of benzene rings is 2. The van der Waals surface area contributed by atoms with E-state index in [9.17, 15) is 4.79 Å². The van der Waals surface area contributed by atoms with Crippen molar-refractivity contribution in [2.75, 3.05) is 14.2 Å². The van der Waals surface area contributed by atoms with Crippen molar-refractivity contribution in [1.29, 1.82) is 0 Å². The first-order valence-corrected chi connectivity index (χ1v) is 7.15. The molecule has 4 heteroatoms. The zero-order chi connectivity index (χ0) is 15.7. The van der Waals surface area contributed by atoms with Crippen LogP contribution in [0.4, 0.5) is 0 Å². The smallest absolute Gasteiger partial charge is 0.170 e. The summed E-state index contributed by atoms with van der Waals surface area (Å²) in [5.41, 5.74) is 2.52. The summed E-state index contributed by atoms with van der Waals surface area (Å²) in [5.74, 6) is 2.18. The second-order valence-electron chi connectivity index (χ2n) is 5.32. The molecule has 0 fully saturated rings. The van der Waals surface area contributed by atoms with Gasteiger partial charge in [0, 0.05) is 6.07 Å². The number of hydrogen-bond donors (Lipinski definition) is 0. The van der Waals surface area contributed by atoms with Gasteiger partial charge in [-0.15, -0.1) is 0 Å². The number of fused-ring (bicyclic) bond motifs is 1. The quantitative estimate of drug-likeness (QED) is 0.866. The van der Waals surface area contributed by atoms with E-state index in [1.54, 1.807) is 20.3 Å². The van der Waals surface area contributed by atoms with Gasteiger partial charge in [0.1, 0.15) is 23.4 Å². The Morgan fingerprint density at radius 2 is 1.82 bits per heavy atom. The number of Topliss-reactive ketones (excluding diaryl/α,β-unsaturated/α-hetero) is 1. The topological polar surface area (TPSA) is 44.8 Å². The Balaban J connectivity index is 1.94. The van der Waals surface area contributed by atoms with Crippen molar-refractivity contribution in [3.05, 3.63) is 53.1 Å². The third-order valence-corrected chi connectivity index (χ3v) is 3.93. The minimum Gasteiger partial charge on any atom is -0.497 e. The van der Waals surface area contributed by atoms with Crippen molar-refractivity contribution in [2.24, 2.45) is 0 Å². The fourth-order valence-electron chi connectivity index (χ4n) is 2.68. The lowest BCUT2D eigenvalue weighted by Gasteiger charge is -2.26. The molecule has 114 valence electrons. The van der Waals surface area contributed by atoms with Crippen LogP contribution in [-0.2, 0) is 0 Å². The maximum atomic E-state index is 12.4. The Bertz CT molecular complexity index is 704. The molecule has 2 aromatic carbocycles. The summed E-state index contributed by atoms with van der Waals surface area (Å²) in [6, 6.07) is 11.2. The minimum atomic E-state index is -0.279. The highest BCUT2D eigenvalue weighted by Gasteiger charge is 2.28. The largest absolute Gasteiger partial charge is 0.497 e. The predicted octanol–water partition coefficient (Wildman–Crippen LogP) is 3.72. The highest BCUT2D eigenvalue weighted by molar-refractivity contribution is 6.00. The van der Waals surface area contributed by atoms with E-state index < -0.39 is 0 Å². The Morgan fingerprint density at radius 1 is 1.09 bits per heavy atom. The number of ketones is 1. The predicted molar refractivity (Wildman–Crippen MR) is 83.0 cm³/mol. The second kappa shape index (κ2) is 5.72. The highest BCUT2D eigenvalue weighted by Crippen LogP contribution is 2.38. The molecule has 0 bridgehead atoms. The van der Waals surface area contributed by atoms with E-state index in [1.807, 2.05) is 37.3 Å². The SMILES string of the molecule is COc1ccc([C@H]2CC(=O)c3cc(C)c(OC)cc3O2)cc1. The molecule has 1 aliphatic heterocycles. The summed E-state index contributed by atoms with van der Waals surface area (Å²) in [7, 11) is 3.24. The van der Waals surface area contributed by atoms with Gasteiger partial charge in [-0.05, 0) is 36.2 Å². The van der Waals surface area contributed by atoms with Gasteiger partial charge in [0.05, 0.1) is 26.2 Å². The first-order valence-electron chi connectivity index (χ1n) is 7.15. The molecule has 4 nitrogen and oxygen atoms in total. The van der Waals surface area contributed by atoms with Crippen molar-refractivity contribution < 1.29 is 19.0 Å². The van der Waals surface area contributed by atoms with E-state index in [1.165, 1.54) is 0 Å². The average Bonchev–Trinajstić information content (AvgIpc) is 2.55. The zero-order valence-corrected chi connectivity index (χ0v) is 12.9. The molecule has 0 saturated heterocycles. The van der Waals surface area contributed by atoms with Gasteiger partial charge in [-0.25, -0.2) is 0 Å². The third-order valence-electron chi connectivity index (χ3n) is 3.93. The Hall–Kier alpha value is -2.49. The summed E-state index contributed by atoms with van der Waals surface area (Å²) in [6.45, 7) is 1.92. The molecule has 1 aliphatic rings. The van der Waals surface area contributed by atoms with Crippen LogP contribution in [0.1, 0.15) is 34.0 Å². The third kappa shape index (κ3) is 2.52. The van der Waals surface area contributed by atoms with Crippen LogP contribution in [0.15, 0.2) is 36.4 Å². The van der Waals surface area contributed by atoms with Crippen LogP contribution in [0.5, 0.6) is 17.2 Å². The number of rotatable bonds is 3. The molecule has 0 amide bonds. The van der Waals surface area contributed by atoms with Gasteiger partial charge >= 0.3 is 0 Å². The minimum absolute atomic E-state index is 0.0906. The number of aryl methyl sites for hydroxylation is 1. The molecule has 0 saturated carbocycles. The highest BCUT2D eigenvalue weighted by atomic mass is 16.5. The molecule has 0 aliphatic carbocycles. The monoisotopic (exact) mass is 298 g/mol. The lowest BCUT2D eigenvalue weighted by atomic mass is 9.95. The first-order chi connectivity index (χ1) is 10.6. The van der Waals surface area contributed by atoms with Gasteiger partial charge in [0.25, 0.3) is 0 Å². The number of methoxy groups -OCH3 is 2. The average molecular weight is 298 g/mol. The molecule has 0 radical (unpaired) electrons. The van der Waals surface area contributed by atoms with Crippen molar-refractivity contribution >= 4 is 5.78 Å². The lowest BCUT2D eigenvalue weighted by Crippen LogP contribution is -2.20. The van der Waals surface area contributed by atoms with E-state index in [2.05, 4.69) is 0 Å². The van der Waals surface area contributed by atoms with Gasteiger partial charge in [-0.3, -0.25) is 4.79 Å². The fraction of sp³-hybridized carbons (Fsp3) is 0.278. The standard InChI is InChI=1S/C18H18O4/c1-11-8-14-15(19)9-17(22-18(14)10-16(11)21-3)12-4-6-13(20-2)7-5-12/h4-8,10,17H,9H2,1-3H3/t17-/m1/s1. The summed E-state index contributed by atoms with van der Waals surface area (Å²) >= 11 is 0.